The minimum atomic E-state index is -0.308. The van der Waals surface area contributed by atoms with Crippen LogP contribution in [0.5, 0.6) is 0 Å². The molecule has 7 heteroatoms. The van der Waals surface area contributed by atoms with Crippen molar-refractivity contribution in [1.82, 2.24) is 14.7 Å². The Morgan fingerprint density at radius 3 is 2.29 bits per heavy atom. The highest BCUT2D eigenvalue weighted by molar-refractivity contribution is 6.25. The monoisotopic (exact) mass is 376 g/mol. The molecule has 1 N–H and O–H groups in total. The fourth-order valence-corrected chi connectivity index (χ4v) is 3.61. The molecular weight excluding hydrogens is 356 g/mol. The maximum absolute atomic E-state index is 12.8. The van der Waals surface area contributed by atoms with E-state index in [-0.39, 0.29) is 30.7 Å². The van der Waals surface area contributed by atoms with Crippen LogP contribution in [-0.2, 0) is 11.8 Å². The number of aryl methyl sites for hydroxylation is 2. The Morgan fingerprint density at radius 2 is 1.71 bits per heavy atom. The summed E-state index contributed by atoms with van der Waals surface area (Å²) >= 11 is 0. The Morgan fingerprint density at radius 1 is 1.07 bits per heavy atom. The van der Waals surface area contributed by atoms with E-state index in [9.17, 15) is 14.4 Å². The highest BCUT2D eigenvalue weighted by atomic mass is 16.2. The number of rotatable bonds is 5. The number of anilines is 1. The Hall–Kier alpha value is -3.48. The fraction of sp³-hybridized carbons (Fsp3) is 0.238. The maximum atomic E-state index is 12.8. The summed E-state index contributed by atoms with van der Waals surface area (Å²) in [5.41, 5.74) is 1.88. The van der Waals surface area contributed by atoms with Gasteiger partial charge in [0.25, 0.3) is 11.8 Å². The molecule has 1 aliphatic rings. The van der Waals surface area contributed by atoms with E-state index in [2.05, 4.69) is 10.4 Å². The summed E-state index contributed by atoms with van der Waals surface area (Å²) < 4.78 is 1.60. The Kier molecular flexibility index (Phi) is 4.43. The van der Waals surface area contributed by atoms with E-state index in [1.165, 1.54) is 4.90 Å². The van der Waals surface area contributed by atoms with Gasteiger partial charge in [0, 0.05) is 42.6 Å². The number of nitrogens with one attached hydrogen (secondary N) is 1. The van der Waals surface area contributed by atoms with Crippen LogP contribution in [0.4, 0.5) is 5.82 Å². The van der Waals surface area contributed by atoms with Crippen LogP contribution >= 0.6 is 0 Å². The van der Waals surface area contributed by atoms with Crippen molar-refractivity contribution in [3.63, 3.8) is 0 Å². The van der Waals surface area contributed by atoms with Crippen LogP contribution in [0.1, 0.15) is 39.3 Å². The molecule has 0 fully saturated rings. The second kappa shape index (κ2) is 6.92. The number of hydrogen-bond donors (Lipinski definition) is 1. The standard InChI is InChI=1S/C21H20N4O3/c1-13-12-17(24(2)23-13)22-18(26)10-5-11-25-20(27)15-8-3-6-14-7-4-9-16(19(14)15)21(25)28/h3-4,6-9,12H,5,10-11H2,1-2H3,(H,22,26). The summed E-state index contributed by atoms with van der Waals surface area (Å²) in [5.74, 6) is -0.176. The molecule has 2 heterocycles. The quantitative estimate of drug-likeness (QED) is 0.694. The van der Waals surface area contributed by atoms with Gasteiger partial charge in [0.2, 0.25) is 5.91 Å². The minimum absolute atomic E-state index is 0.178. The van der Waals surface area contributed by atoms with Gasteiger partial charge in [-0.2, -0.15) is 5.10 Å². The van der Waals surface area contributed by atoms with Gasteiger partial charge in [-0.25, -0.2) is 0 Å². The Labute approximate surface area is 161 Å². The first-order valence-corrected chi connectivity index (χ1v) is 9.14. The molecule has 0 unspecified atom stereocenters. The molecule has 28 heavy (non-hydrogen) atoms. The van der Waals surface area contributed by atoms with Crippen LogP contribution in [0.3, 0.4) is 0 Å². The first-order valence-electron chi connectivity index (χ1n) is 9.14. The number of amides is 3. The number of imide groups is 1. The number of benzene rings is 2. The van der Waals surface area contributed by atoms with Crippen molar-refractivity contribution in [1.29, 1.82) is 0 Å². The highest BCUT2D eigenvalue weighted by Gasteiger charge is 2.32. The molecule has 2 aromatic carbocycles. The average Bonchev–Trinajstić information content (AvgIpc) is 2.99. The lowest BCUT2D eigenvalue weighted by Crippen LogP contribution is -2.41. The lowest BCUT2D eigenvalue weighted by Gasteiger charge is -2.27. The van der Waals surface area contributed by atoms with Gasteiger partial charge >= 0.3 is 0 Å². The summed E-state index contributed by atoms with van der Waals surface area (Å²) in [6, 6.07) is 12.7. The third-order valence-corrected chi connectivity index (χ3v) is 4.91. The molecule has 0 radical (unpaired) electrons. The van der Waals surface area contributed by atoms with Crippen molar-refractivity contribution in [2.45, 2.75) is 19.8 Å². The van der Waals surface area contributed by atoms with Crippen LogP contribution in [0.15, 0.2) is 42.5 Å². The fourth-order valence-electron chi connectivity index (χ4n) is 3.61. The highest BCUT2D eigenvalue weighted by Crippen LogP contribution is 2.30. The second-order valence-corrected chi connectivity index (χ2v) is 6.92. The number of carbonyl (C=O) groups is 3. The van der Waals surface area contributed by atoms with Gasteiger partial charge in [-0.3, -0.25) is 24.0 Å². The summed E-state index contributed by atoms with van der Waals surface area (Å²) in [7, 11) is 1.76. The van der Waals surface area contributed by atoms with Gasteiger partial charge in [0.05, 0.1) is 5.69 Å². The lowest BCUT2D eigenvalue weighted by molar-refractivity contribution is -0.116. The van der Waals surface area contributed by atoms with E-state index in [1.807, 2.05) is 31.2 Å². The Balaban J connectivity index is 1.44. The summed E-state index contributed by atoms with van der Waals surface area (Å²) in [6.45, 7) is 2.04. The van der Waals surface area contributed by atoms with Gasteiger partial charge < -0.3 is 5.32 Å². The molecule has 1 aromatic heterocycles. The molecule has 3 aromatic rings. The zero-order chi connectivity index (χ0) is 19.8. The molecule has 142 valence electrons. The van der Waals surface area contributed by atoms with Crippen molar-refractivity contribution in [2.75, 3.05) is 11.9 Å². The molecule has 1 aliphatic heterocycles. The Bertz CT molecular complexity index is 1070. The van der Waals surface area contributed by atoms with E-state index in [0.29, 0.717) is 28.8 Å². The predicted molar refractivity (Wildman–Crippen MR) is 105 cm³/mol. The molecule has 7 nitrogen and oxygen atoms in total. The first kappa shape index (κ1) is 17.9. The third kappa shape index (κ3) is 3.05. The molecule has 0 spiro atoms. The third-order valence-electron chi connectivity index (χ3n) is 4.91. The number of nitrogens with zero attached hydrogens (tertiary/aromatic N) is 3. The van der Waals surface area contributed by atoms with Gasteiger partial charge in [-0.05, 0) is 30.9 Å². The summed E-state index contributed by atoms with van der Waals surface area (Å²) in [6.07, 6.45) is 0.589. The number of carbonyl (C=O) groups excluding carboxylic acids is 3. The zero-order valence-electron chi connectivity index (χ0n) is 15.7. The van der Waals surface area contributed by atoms with Crippen LogP contribution in [0.2, 0.25) is 0 Å². The largest absolute Gasteiger partial charge is 0.311 e. The van der Waals surface area contributed by atoms with Gasteiger partial charge in [-0.1, -0.05) is 24.3 Å². The topological polar surface area (TPSA) is 84.3 Å². The molecule has 0 atom stereocenters. The number of aromatic nitrogens is 2. The summed E-state index contributed by atoms with van der Waals surface area (Å²) in [5, 5.41) is 8.56. The van der Waals surface area contributed by atoms with Crippen LogP contribution in [0.25, 0.3) is 10.8 Å². The molecule has 0 saturated carbocycles. The average molecular weight is 376 g/mol. The van der Waals surface area contributed by atoms with Gasteiger partial charge in [0.1, 0.15) is 5.82 Å². The lowest BCUT2D eigenvalue weighted by atomic mass is 9.94. The number of hydrogen-bond acceptors (Lipinski definition) is 4. The van der Waals surface area contributed by atoms with Crippen molar-refractivity contribution in [3.8, 4) is 0 Å². The smallest absolute Gasteiger partial charge is 0.261 e. The van der Waals surface area contributed by atoms with E-state index >= 15 is 0 Å². The minimum Gasteiger partial charge on any atom is -0.311 e. The predicted octanol–water partition coefficient (Wildman–Crippen LogP) is 2.90. The molecule has 0 aliphatic carbocycles. The van der Waals surface area contributed by atoms with Crippen molar-refractivity contribution >= 4 is 34.3 Å². The molecular formula is C21H20N4O3. The second-order valence-electron chi connectivity index (χ2n) is 6.92. The zero-order valence-corrected chi connectivity index (χ0v) is 15.7. The molecule has 0 bridgehead atoms. The molecule has 3 amide bonds. The van der Waals surface area contributed by atoms with Crippen molar-refractivity contribution in [2.24, 2.45) is 7.05 Å². The van der Waals surface area contributed by atoms with E-state index in [4.69, 9.17) is 0 Å². The van der Waals surface area contributed by atoms with Gasteiger partial charge in [-0.15, -0.1) is 0 Å². The van der Waals surface area contributed by atoms with E-state index in [1.54, 1.807) is 29.9 Å². The van der Waals surface area contributed by atoms with Crippen LogP contribution < -0.4 is 5.32 Å². The van der Waals surface area contributed by atoms with Crippen LogP contribution in [-0.4, -0.2) is 38.9 Å². The van der Waals surface area contributed by atoms with E-state index < -0.39 is 0 Å². The molecule has 4 rings (SSSR count). The maximum Gasteiger partial charge on any atom is 0.261 e. The van der Waals surface area contributed by atoms with Crippen molar-refractivity contribution in [3.05, 3.63) is 59.3 Å². The van der Waals surface area contributed by atoms with E-state index in [0.717, 1.165) is 11.1 Å². The normalized spacial score (nSPS) is 13.3. The first-order chi connectivity index (χ1) is 13.5. The SMILES string of the molecule is Cc1cc(NC(=O)CCCN2C(=O)c3cccc4cccc(c34)C2=O)n(C)n1. The van der Waals surface area contributed by atoms with Gasteiger partial charge in [0.15, 0.2) is 0 Å². The molecule has 0 saturated heterocycles. The van der Waals surface area contributed by atoms with Crippen molar-refractivity contribution < 1.29 is 14.4 Å². The summed E-state index contributed by atoms with van der Waals surface area (Å²) in [4.78, 5) is 39.1. The van der Waals surface area contributed by atoms with Crippen LogP contribution in [0, 0.1) is 6.92 Å².